The molecule has 0 spiro atoms. The van der Waals surface area contributed by atoms with Crippen LogP contribution in [0.15, 0.2) is 91.0 Å². The van der Waals surface area contributed by atoms with Crippen molar-refractivity contribution in [1.29, 1.82) is 0 Å². The Morgan fingerprint density at radius 2 is 1.31 bits per heavy atom. The number of allylic oxidation sites excluding steroid dienone is 2. The fourth-order valence-electron chi connectivity index (χ4n) is 3.52. The predicted octanol–water partition coefficient (Wildman–Crippen LogP) is 4.59. The molecule has 0 fully saturated rings. The fraction of sp³-hybridized carbons (Fsp3) is 0.167. The minimum Gasteiger partial charge on any atom is -0.378 e. The molecule has 2 N–H and O–H groups in total. The standard InChI is InChI=1S/C30H31N3O3/c1-31-21-24-11-9-22(10-12-24)15-19-27(34)29(30(36)32-25-7-5-4-6-8-25)28(35)20-16-23-13-17-26(18-14-23)33(2)3/h4-20,29,31H,21H2,1-3H3,(H,32,36). The van der Waals surface area contributed by atoms with Gasteiger partial charge in [-0.25, -0.2) is 0 Å². The van der Waals surface area contributed by atoms with Gasteiger partial charge in [0, 0.05) is 32.0 Å². The number of ketones is 2. The van der Waals surface area contributed by atoms with Gasteiger partial charge in [-0.1, -0.05) is 66.7 Å². The topological polar surface area (TPSA) is 78.5 Å². The monoisotopic (exact) mass is 481 g/mol. The molecule has 3 rings (SSSR count). The number of hydrogen-bond donors (Lipinski definition) is 2. The van der Waals surface area contributed by atoms with E-state index >= 15 is 0 Å². The van der Waals surface area contributed by atoms with E-state index in [1.54, 1.807) is 36.4 Å². The van der Waals surface area contributed by atoms with Gasteiger partial charge in [0.1, 0.15) is 0 Å². The van der Waals surface area contributed by atoms with Crippen LogP contribution in [0.2, 0.25) is 0 Å². The summed E-state index contributed by atoms with van der Waals surface area (Å²) in [6, 6.07) is 24.0. The Hall–Kier alpha value is -4.29. The van der Waals surface area contributed by atoms with Gasteiger partial charge in [0.25, 0.3) is 0 Å². The van der Waals surface area contributed by atoms with Gasteiger partial charge in [-0.3, -0.25) is 14.4 Å². The van der Waals surface area contributed by atoms with Crippen molar-refractivity contribution in [1.82, 2.24) is 5.32 Å². The summed E-state index contributed by atoms with van der Waals surface area (Å²) in [5.74, 6) is -3.33. The van der Waals surface area contributed by atoms with E-state index in [0.29, 0.717) is 5.69 Å². The second-order valence-electron chi connectivity index (χ2n) is 8.52. The summed E-state index contributed by atoms with van der Waals surface area (Å²) in [6.45, 7) is 0.739. The van der Waals surface area contributed by atoms with Crippen molar-refractivity contribution in [2.24, 2.45) is 5.92 Å². The average molecular weight is 482 g/mol. The molecular weight excluding hydrogens is 450 g/mol. The van der Waals surface area contributed by atoms with Gasteiger partial charge in [-0.05, 0) is 60.2 Å². The molecule has 1 unspecified atom stereocenters. The lowest BCUT2D eigenvalue weighted by atomic mass is 9.95. The van der Waals surface area contributed by atoms with Crippen molar-refractivity contribution in [3.8, 4) is 0 Å². The second-order valence-corrected chi connectivity index (χ2v) is 8.52. The normalized spacial score (nSPS) is 12.0. The first-order valence-electron chi connectivity index (χ1n) is 11.7. The molecule has 0 heterocycles. The Balaban J connectivity index is 1.80. The Morgan fingerprint density at radius 3 is 1.81 bits per heavy atom. The van der Waals surface area contributed by atoms with Crippen LogP contribution >= 0.6 is 0 Å². The van der Waals surface area contributed by atoms with Gasteiger partial charge in [0.15, 0.2) is 17.5 Å². The first-order valence-corrected chi connectivity index (χ1v) is 11.7. The molecule has 184 valence electrons. The number of carbonyl (C=O) groups is 3. The highest BCUT2D eigenvalue weighted by molar-refractivity contribution is 6.28. The Morgan fingerprint density at radius 1 is 0.778 bits per heavy atom. The smallest absolute Gasteiger partial charge is 0.243 e. The Labute approximate surface area is 212 Å². The van der Waals surface area contributed by atoms with Gasteiger partial charge >= 0.3 is 0 Å². The summed E-state index contributed by atoms with van der Waals surface area (Å²) in [7, 11) is 5.76. The molecule has 0 aromatic heterocycles. The molecule has 0 radical (unpaired) electrons. The molecular formula is C30H31N3O3. The van der Waals surface area contributed by atoms with E-state index in [4.69, 9.17) is 0 Å². The number of rotatable bonds is 11. The van der Waals surface area contributed by atoms with E-state index in [1.165, 1.54) is 12.2 Å². The zero-order chi connectivity index (χ0) is 25.9. The third-order valence-electron chi connectivity index (χ3n) is 5.52. The lowest BCUT2D eigenvalue weighted by Crippen LogP contribution is -2.34. The van der Waals surface area contributed by atoms with Crippen LogP contribution in [0, 0.1) is 5.92 Å². The summed E-state index contributed by atoms with van der Waals surface area (Å²) >= 11 is 0. The highest BCUT2D eigenvalue weighted by Crippen LogP contribution is 2.16. The third kappa shape index (κ3) is 7.61. The predicted molar refractivity (Wildman–Crippen MR) is 147 cm³/mol. The number of hydrogen-bond acceptors (Lipinski definition) is 5. The van der Waals surface area contributed by atoms with Crippen molar-refractivity contribution in [3.05, 3.63) is 108 Å². The molecule has 3 aromatic carbocycles. The van der Waals surface area contributed by atoms with Gasteiger partial charge in [-0.15, -0.1) is 0 Å². The van der Waals surface area contributed by atoms with Crippen LogP contribution < -0.4 is 15.5 Å². The van der Waals surface area contributed by atoms with E-state index in [2.05, 4.69) is 10.6 Å². The van der Waals surface area contributed by atoms with Gasteiger partial charge in [0.2, 0.25) is 5.91 Å². The van der Waals surface area contributed by atoms with E-state index in [0.717, 1.165) is 28.9 Å². The molecule has 6 heteroatoms. The van der Waals surface area contributed by atoms with Crippen LogP contribution in [0.4, 0.5) is 11.4 Å². The third-order valence-corrected chi connectivity index (χ3v) is 5.52. The maximum Gasteiger partial charge on any atom is 0.243 e. The van der Waals surface area contributed by atoms with Crippen molar-refractivity contribution in [3.63, 3.8) is 0 Å². The first-order chi connectivity index (χ1) is 17.4. The summed E-state index contributed by atoms with van der Waals surface area (Å²) in [5.41, 5.74) is 4.24. The highest BCUT2D eigenvalue weighted by atomic mass is 16.2. The molecule has 0 aliphatic rings. The van der Waals surface area contributed by atoms with Crippen LogP contribution in [0.3, 0.4) is 0 Å². The molecule has 1 amide bonds. The lowest BCUT2D eigenvalue weighted by Gasteiger charge is -2.12. The Kier molecular flexibility index (Phi) is 9.48. The van der Waals surface area contributed by atoms with E-state index < -0.39 is 23.4 Å². The van der Waals surface area contributed by atoms with Crippen molar-refractivity contribution in [2.75, 3.05) is 31.4 Å². The van der Waals surface area contributed by atoms with Crippen LogP contribution in [0.5, 0.6) is 0 Å². The molecule has 0 saturated heterocycles. The van der Waals surface area contributed by atoms with Gasteiger partial charge in [0.05, 0.1) is 0 Å². The fourth-order valence-corrected chi connectivity index (χ4v) is 3.52. The maximum absolute atomic E-state index is 13.1. The van der Waals surface area contributed by atoms with Crippen molar-refractivity contribution < 1.29 is 14.4 Å². The molecule has 36 heavy (non-hydrogen) atoms. The van der Waals surface area contributed by atoms with Crippen LogP contribution in [-0.2, 0) is 20.9 Å². The first kappa shape index (κ1) is 26.3. The molecule has 0 aliphatic heterocycles. The zero-order valence-electron chi connectivity index (χ0n) is 20.8. The summed E-state index contributed by atoms with van der Waals surface area (Å²) in [4.78, 5) is 41.1. The highest BCUT2D eigenvalue weighted by Gasteiger charge is 2.31. The van der Waals surface area contributed by atoms with Gasteiger partial charge < -0.3 is 15.5 Å². The summed E-state index contributed by atoms with van der Waals surface area (Å²) < 4.78 is 0. The number of nitrogens with zero attached hydrogens (tertiary/aromatic N) is 1. The van der Waals surface area contributed by atoms with E-state index in [1.807, 2.05) is 80.6 Å². The number of para-hydroxylation sites is 1. The van der Waals surface area contributed by atoms with E-state index in [9.17, 15) is 14.4 Å². The van der Waals surface area contributed by atoms with Crippen LogP contribution in [0.25, 0.3) is 12.2 Å². The van der Waals surface area contributed by atoms with E-state index in [-0.39, 0.29) is 0 Å². The number of carbonyl (C=O) groups excluding carboxylic acids is 3. The average Bonchev–Trinajstić information content (AvgIpc) is 2.88. The summed E-state index contributed by atoms with van der Waals surface area (Å²) in [6.07, 6.45) is 5.81. The molecule has 6 nitrogen and oxygen atoms in total. The number of benzene rings is 3. The van der Waals surface area contributed by atoms with Gasteiger partial charge in [-0.2, -0.15) is 0 Å². The Bertz CT molecular complexity index is 1230. The second kappa shape index (κ2) is 13.0. The summed E-state index contributed by atoms with van der Waals surface area (Å²) in [5, 5.41) is 5.76. The molecule has 0 aliphatic carbocycles. The lowest BCUT2D eigenvalue weighted by molar-refractivity contribution is -0.134. The SMILES string of the molecule is CNCc1ccc(C=CC(=O)C(C(=O)C=Cc2ccc(N(C)C)cc2)C(=O)Nc2ccccc2)cc1. The molecule has 3 aromatic rings. The minimum absolute atomic E-state index is 0.514. The number of amides is 1. The maximum atomic E-state index is 13.1. The largest absolute Gasteiger partial charge is 0.378 e. The molecule has 1 atom stereocenters. The van der Waals surface area contributed by atoms with Crippen molar-refractivity contribution in [2.45, 2.75) is 6.54 Å². The molecule has 0 saturated carbocycles. The van der Waals surface area contributed by atoms with Crippen LogP contribution in [-0.4, -0.2) is 38.6 Å². The number of anilines is 2. The van der Waals surface area contributed by atoms with Crippen molar-refractivity contribution >= 4 is 41.0 Å². The van der Waals surface area contributed by atoms with Crippen LogP contribution in [0.1, 0.15) is 16.7 Å². The minimum atomic E-state index is -1.50. The quantitative estimate of drug-likeness (QED) is 0.309. The number of nitrogens with one attached hydrogen (secondary N) is 2. The zero-order valence-corrected chi connectivity index (χ0v) is 20.8. The molecule has 0 bridgehead atoms.